The van der Waals surface area contributed by atoms with Crippen LogP contribution < -0.4 is 5.32 Å². The maximum Gasteiger partial charge on any atom is 0.0897 e. The Balaban J connectivity index is 2.25. The summed E-state index contributed by atoms with van der Waals surface area (Å²) in [6, 6.07) is 0. The van der Waals surface area contributed by atoms with Crippen molar-refractivity contribution in [1.29, 1.82) is 0 Å². The third kappa shape index (κ3) is 5.78. The standard InChI is InChI=1S/C15H32N2O2/c1-14(2,3)19-11-13(18)10-16-12-15(17(4)5)8-6-7-9-15/h13,16,18H,6-12H2,1-5H3. The van der Waals surface area contributed by atoms with E-state index in [4.69, 9.17) is 4.74 Å². The highest BCUT2D eigenvalue weighted by Gasteiger charge is 2.35. The van der Waals surface area contributed by atoms with Crippen molar-refractivity contribution in [2.75, 3.05) is 33.8 Å². The van der Waals surface area contributed by atoms with Gasteiger partial charge in [-0.15, -0.1) is 0 Å². The van der Waals surface area contributed by atoms with E-state index in [2.05, 4.69) is 24.3 Å². The predicted octanol–water partition coefficient (Wildman–Crippen LogP) is 1.63. The zero-order valence-corrected chi connectivity index (χ0v) is 13.3. The Morgan fingerprint density at radius 1 is 1.26 bits per heavy atom. The Morgan fingerprint density at radius 3 is 2.32 bits per heavy atom. The van der Waals surface area contributed by atoms with Crippen LogP contribution in [0.15, 0.2) is 0 Å². The van der Waals surface area contributed by atoms with E-state index in [-0.39, 0.29) is 11.1 Å². The first-order valence-corrected chi connectivity index (χ1v) is 7.45. The quantitative estimate of drug-likeness (QED) is 0.739. The first kappa shape index (κ1) is 16.9. The van der Waals surface area contributed by atoms with Gasteiger partial charge in [0.05, 0.1) is 18.3 Å². The highest BCUT2D eigenvalue weighted by atomic mass is 16.5. The van der Waals surface area contributed by atoms with Gasteiger partial charge in [-0.25, -0.2) is 0 Å². The van der Waals surface area contributed by atoms with E-state index in [0.717, 1.165) is 6.54 Å². The van der Waals surface area contributed by atoms with Crippen LogP contribution in [0.3, 0.4) is 0 Å². The van der Waals surface area contributed by atoms with Crippen molar-refractivity contribution in [3.63, 3.8) is 0 Å². The number of rotatable bonds is 7. The molecule has 1 unspecified atom stereocenters. The maximum atomic E-state index is 9.91. The molecule has 1 rings (SSSR count). The Labute approximate surface area is 118 Å². The number of aliphatic hydroxyl groups excluding tert-OH is 1. The number of nitrogens with zero attached hydrogens (tertiary/aromatic N) is 1. The van der Waals surface area contributed by atoms with Gasteiger partial charge in [0.15, 0.2) is 0 Å². The molecule has 0 saturated heterocycles. The number of ether oxygens (including phenoxy) is 1. The molecular formula is C15H32N2O2. The van der Waals surface area contributed by atoms with Crippen LogP contribution in [0.4, 0.5) is 0 Å². The van der Waals surface area contributed by atoms with E-state index in [1.807, 2.05) is 20.8 Å². The van der Waals surface area contributed by atoms with Gasteiger partial charge < -0.3 is 20.1 Å². The van der Waals surface area contributed by atoms with Gasteiger partial charge in [0.1, 0.15) is 0 Å². The summed E-state index contributed by atoms with van der Waals surface area (Å²) in [5.41, 5.74) is 0.0991. The second-order valence-corrected chi connectivity index (χ2v) is 7.03. The fraction of sp³-hybridized carbons (Fsp3) is 1.00. The molecule has 1 atom stereocenters. The van der Waals surface area contributed by atoms with Gasteiger partial charge in [-0.1, -0.05) is 12.8 Å². The van der Waals surface area contributed by atoms with Crippen LogP contribution in [0.2, 0.25) is 0 Å². The van der Waals surface area contributed by atoms with Gasteiger partial charge in [0, 0.05) is 18.6 Å². The summed E-state index contributed by atoms with van der Waals surface area (Å²) < 4.78 is 5.59. The van der Waals surface area contributed by atoms with Gasteiger partial charge in [0.25, 0.3) is 0 Å². The summed E-state index contributed by atoms with van der Waals surface area (Å²) in [4.78, 5) is 2.34. The van der Waals surface area contributed by atoms with E-state index in [9.17, 15) is 5.11 Å². The molecule has 0 aromatic heterocycles. The monoisotopic (exact) mass is 272 g/mol. The molecule has 0 aromatic rings. The summed E-state index contributed by atoms with van der Waals surface area (Å²) in [7, 11) is 4.32. The van der Waals surface area contributed by atoms with Crippen LogP contribution in [0.1, 0.15) is 46.5 Å². The van der Waals surface area contributed by atoms with Crippen molar-refractivity contribution in [2.24, 2.45) is 0 Å². The zero-order valence-electron chi connectivity index (χ0n) is 13.3. The molecule has 0 amide bonds. The van der Waals surface area contributed by atoms with E-state index >= 15 is 0 Å². The minimum Gasteiger partial charge on any atom is -0.389 e. The lowest BCUT2D eigenvalue weighted by Gasteiger charge is -2.37. The van der Waals surface area contributed by atoms with Gasteiger partial charge in [-0.2, -0.15) is 0 Å². The Kier molecular flexibility index (Phi) is 6.24. The molecule has 0 spiro atoms. The first-order valence-electron chi connectivity index (χ1n) is 7.45. The number of hydrogen-bond donors (Lipinski definition) is 2. The van der Waals surface area contributed by atoms with Crippen LogP contribution in [0.5, 0.6) is 0 Å². The molecule has 1 aliphatic carbocycles. The van der Waals surface area contributed by atoms with Gasteiger partial charge in [-0.05, 0) is 47.7 Å². The number of nitrogens with one attached hydrogen (secondary N) is 1. The first-order chi connectivity index (χ1) is 8.75. The predicted molar refractivity (Wildman–Crippen MR) is 79.5 cm³/mol. The minimum absolute atomic E-state index is 0.183. The lowest BCUT2D eigenvalue weighted by molar-refractivity contribution is -0.0484. The lowest BCUT2D eigenvalue weighted by atomic mass is 9.96. The molecular weight excluding hydrogens is 240 g/mol. The fourth-order valence-electron chi connectivity index (χ4n) is 2.69. The molecule has 1 saturated carbocycles. The second-order valence-electron chi connectivity index (χ2n) is 7.03. The van der Waals surface area contributed by atoms with Crippen molar-refractivity contribution in [3.8, 4) is 0 Å². The molecule has 0 bridgehead atoms. The average molecular weight is 272 g/mol. The van der Waals surface area contributed by atoms with E-state index in [1.54, 1.807) is 0 Å². The Morgan fingerprint density at radius 2 is 1.84 bits per heavy atom. The molecule has 0 heterocycles. The van der Waals surface area contributed by atoms with Crippen LogP contribution >= 0.6 is 0 Å². The summed E-state index contributed by atoms with van der Waals surface area (Å²) in [6.07, 6.45) is 4.70. The van der Waals surface area contributed by atoms with Crippen molar-refractivity contribution in [3.05, 3.63) is 0 Å². The maximum absolute atomic E-state index is 9.91. The molecule has 1 aliphatic rings. The van der Waals surface area contributed by atoms with Crippen LogP contribution in [0.25, 0.3) is 0 Å². The molecule has 4 nitrogen and oxygen atoms in total. The molecule has 2 N–H and O–H groups in total. The lowest BCUT2D eigenvalue weighted by Crippen LogP contribution is -2.51. The molecule has 114 valence electrons. The van der Waals surface area contributed by atoms with Gasteiger partial charge in [0.2, 0.25) is 0 Å². The van der Waals surface area contributed by atoms with Gasteiger partial charge >= 0.3 is 0 Å². The summed E-state index contributed by atoms with van der Waals surface area (Å²) in [5, 5.41) is 13.3. The SMILES string of the molecule is CN(C)C1(CNCC(O)COC(C)(C)C)CCCC1. The smallest absolute Gasteiger partial charge is 0.0897 e. The van der Waals surface area contributed by atoms with Gasteiger partial charge in [-0.3, -0.25) is 0 Å². The van der Waals surface area contributed by atoms with E-state index in [1.165, 1.54) is 25.7 Å². The summed E-state index contributed by atoms with van der Waals surface area (Å²) in [5.74, 6) is 0. The zero-order chi connectivity index (χ0) is 14.5. The van der Waals surface area contributed by atoms with Crippen molar-refractivity contribution in [1.82, 2.24) is 10.2 Å². The van der Waals surface area contributed by atoms with Crippen molar-refractivity contribution < 1.29 is 9.84 Å². The van der Waals surface area contributed by atoms with E-state index in [0.29, 0.717) is 13.2 Å². The summed E-state index contributed by atoms with van der Waals surface area (Å²) in [6.45, 7) is 7.97. The normalized spacial score (nSPS) is 21.0. The van der Waals surface area contributed by atoms with Crippen LogP contribution in [-0.2, 0) is 4.74 Å². The third-order valence-electron chi connectivity index (χ3n) is 4.03. The molecule has 0 aromatic carbocycles. The molecule has 19 heavy (non-hydrogen) atoms. The fourth-order valence-corrected chi connectivity index (χ4v) is 2.69. The average Bonchev–Trinajstić information content (AvgIpc) is 2.75. The largest absolute Gasteiger partial charge is 0.389 e. The highest BCUT2D eigenvalue weighted by molar-refractivity contribution is 4.94. The molecule has 0 aliphatic heterocycles. The summed E-state index contributed by atoms with van der Waals surface area (Å²) >= 11 is 0. The second kappa shape index (κ2) is 7.02. The number of hydrogen-bond acceptors (Lipinski definition) is 4. The molecule has 1 fully saturated rings. The topological polar surface area (TPSA) is 44.7 Å². The number of aliphatic hydroxyl groups is 1. The van der Waals surface area contributed by atoms with Crippen molar-refractivity contribution >= 4 is 0 Å². The van der Waals surface area contributed by atoms with Crippen molar-refractivity contribution in [2.45, 2.75) is 63.7 Å². The third-order valence-corrected chi connectivity index (χ3v) is 4.03. The highest BCUT2D eigenvalue weighted by Crippen LogP contribution is 2.32. The van der Waals surface area contributed by atoms with E-state index < -0.39 is 6.10 Å². The van der Waals surface area contributed by atoms with Crippen LogP contribution in [0, 0.1) is 0 Å². The Hall–Kier alpha value is -0.160. The molecule has 0 radical (unpaired) electrons. The molecule has 4 heteroatoms. The van der Waals surface area contributed by atoms with Crippen LogP contribution in [-0.4, -0.2) is 61.0 Å². The minimum atomic E-state index is -0.431. The Bertz CT molecular complexity index is 255. The number of likely N-dealkylation sites (N-methyl/N-ethyl adjacent to an activating group) is 1.